The van der Waals surface area contributed by atoms with Crippen molar-refractivity contribution in [1.29, 1.82) is 0 Å². The SMILES string of the molecule is [B]c1nc(C(=O)OCC)c(Br)c2c1COC2C. The molecule has 0 aromatic carbocycles. The first kappa shape index (κ1) is 12.6. The molecule has 17 heavy (non-hydrogen) atoms. The van der Waals surface area contributed by atoms with E-state index in [9.17, 15) is 4.79 Å². The lowest BCUT2D eigenvalue weighted by Gasteiger charge is -2.12. The summed E-state index contributed by atoms with van der Waals surface area (Å²) < 4.78 is 11.0. The molecule has 0 bridgehead atoms. The van der Waals surface area contributed by atoms with Gasteiger partial charge in [0, 0.05) is 5.56 Å². The second-order valence-corrected chi connectivity index (χ2v) is 4.52. The molecule has 0 spiro atoms. The summed E-state index contributed by atoms with van der Waals surface area (Å²) in [6.07, 6.45) is -0.0992. The monoisotopic (exact) mass is 295 g/mol. The van der Waals surface area contributed by atoms with Crippen LogP contribution in [-0.2, 0) is 16.1 Å². The third kappa shape index (κ3) is 2.11. The molecule has 6 heteroatoms. The Kier molecular flexibility index (Phi) is 3.54. The van der Waals surface area contributed by atoms with Crippen molar-refractivity contribution in [1.82, 2.24) is 4.98 Å². The van der Waals surface area contributed by atoms with Gasteiger partial charge >= 0.3 is 5.97 Å². The first-order chi connectivity index (χ1) is 8.06. The van der Waals surface area contributed by atoms with Gasteiger partial charge < -0.3 is 9.47 Å². The zero-order valence-corrected chi connectivity index (χ0v) is 11.2. The van der Waals surface area contributed by atoms with Gasteiger partial charge in [0.25, 0.3) is 0 Å². The van der Waals surface area contributed by atoms with Crippen LogP contribution in [0.2, 0.25) is 0 Å². The predicted octanol–water partition coefficient (Wildman–Crippen LogP) is 1.41. The molecule has 1 atom stereocenters. The van der Waals surface area contributed by atoms with Crippen LogP contribution < -0.4 is 5.59 Å². The molecule has 0 amide bonds. The number of carbonyl (C=O) groups is 1. The largest absolute Gasteiger partial charge is 0.461 e. The maximum atomic E-state index is 11.7. The lowest BCUT2D eigenvalue weighted by atomic mass is 9.93. The number of pyridine rings is 1. The van der Waals surface area contributed by atoms with E-state index in [4.69, 9.17) is 17.3 Å². The number of hydrogen-bond donors (Lipinski definition) is 0. The van der Waals surface area contributed by atoms with Crippen molar-refractivity contribution in [2.24, 2.45) is 0 Å². The van der Waals surface area contributed by atoms with E-state index < -0.39 is 5.97 Å². The normalized spacial score (nSPS) is 17.9. The Balaban J connectivity index is 2.53. The number of aromatic nitrogens is 1. The molecule has 1 aromatic rings. The average molecular weight is 296 g/mol. The van der Waals surface area contributed by atoms with E-state index >= 15 is 0 Å². The van der Waals surface area contributed by atoms with Crippen LogP contribution in [0.3, 0.4) is 0 Å². The van der Waals surface area contributed by atoms with Gasteiger partial charge in [-0.15, -0.1) is 0 Å². The summed E-state index contributed by atoms with van der Waals surface area (Å²) >= 11 is 3.38. The van der Waals surface area contributed by atoms with E-state index in [0.717, 1.165) is 11.1 Å². The highest BCUT2D eigenvalue weighted by atomic mass is 79.9. The predicted molar refractivity (Wildman–Crippen MR) is 66.5 cm³/mol. The van der Waals surface area contributed by atoms with E-state index in [1.54, 1.807) is 6.92 Å². The van der Waals surface area contributed by atoms with E-state index in [1.165, 1.54) is 0 Å². The molecular formula is C11H11BBrNO3. The van der Waals surface area contributed by atoms with Gasteiger partial charge in [0.2, 0.25) is 0 Å². The molecule has 1 aromatic heterocycles. The molecule has 2 radical (unpaired) electrons. The van der Waals surface area contributed by atoms with Crippen LogP contribution in [0, 0.1) is 0 Å². The van der Waals surface area contributed by atoms with Crippen LogP contribution in [-0.4, -0.2) is 25.4 Å². The van der Waals surface area contributed by atoms with E-state index in [-0.39, 0.29) is 11.8 Å². The van der Waals surface area contributed by atoms with E-state index in [2.05, 4.69) is 20.9 Å². The molecule has 0 saturated heterocycles. The Labute approximate surface area is 109 Å². The van der Waals surface area contributed by atoms with Crippen molar-refractivity contribution in [2.45, 2.75) is 26.6 Å². The highest BCUT2D eigenvalue weighted by molar-refractivity contribution is 9.10. The summed E-state index contributed by atoms with van der Waals surface area (Å²) in [7, 11) is 5.82. The number of nitrogens with zero attached hydrogens (tertiary/aromatic N) is 1. The van der Waals surface area contributed by atoms with Crippen LogP contribution in [0.4, 0.5) is 0 Å². The summed E-state index contributed by atoms with van der Waals surface area (Å²) in [6.45, 7) is 4.38. The molecule has 1 aliphatic rings. The molecule has 0 fully saturated rings. The topological polar surface area (TPSA) is 48.4 Å². The second kappa shape index (κ2) is 4.78. The molecule has 1 unspecified atom stereocenters. The molecule has 4 nitrogen and oxygen atoms in total. The van der Waals surface area contributed by atoms with Crippen molar-refractivity contribution >= 4 is 35.3 Å². The zero-order valence-electron chi connectivity index (χ0n) is 9.62. The van der Waals surface area contributed by atoms with Gasteiger partial charge in [-0.25, -0.2) is 4.79 Å². The lowest BCUT2D eigenvalue weighted by molar-refractivity contribution is 0.0518. The molecule has 1 aliphatic heterocycles. The fraction of sp³-hybridized carbons (Fsp3) is 0.455. The van der Waals surface area contributed by atoms with Gasteiger partial charge in [-0.1, -0.05) is 0 Å². The Morgan fingerprint density at radius 3 is 3.06 bits per heavy atom. The number of rotatable bonds is 2. The van der Waals surface area contributed by atoms with Gasteiger partial charge in [0.1, 0.15) is 7.85 Å². The van der Waals surface area contributed by atoms with Crippen LogP contribution in [0.25, 0.3) is 0 Å². The molecule has 2 rings (SSSR count). The first-order valence-corrected chi connectivity index (χ1v) is 6.12. The van der Waals surface area contributed by atoms with Gasteiger partial charge in [-0.3, -0.25) is 4.98 Å². The summed E-state index contributed by atoms with van der Waals surface area (Å²) in [5.74, 6) is -0.479. The molecular weight excluding hydrogens is 285 g/mol. The van der Waals surface area contributed by atoms with Crippen LogP contribution in [0.15, 0.2) is 4.47 Å². The summed E-state index contributed by atoms with van der Waals surface area (Å²) in [4.78, 5) is 15.8. The molecule has 88 valence electrons. The first-order valence-electron chi connectivity index (χ1n) is 5.32. The molecule has 0 aliphatic carbocycles. The fourth-order valence-corrected chi connectivity index (χ4v) is 2.65. The number of ether oxygens (including phenoxy) is 2. The molecule has 0 N–H and O–H groups in total. The van der Waals surface area contributed by atoms with Gasteiger partial charge in [0.05, 0.1) is 23.8 Å². The van der Waals surface area contributed by atoms with Crippen molar-refractivity contribution in [3.63, 3.8) is 0 Å². The average Bonchev–Trinajstić information content (AvgIpc) is 2.67. The molecule has 2 heterocycles. The third-order valence-electron chi connectivity index (χ3n) is 2.66. The van der Waals surface area contributed by atoms with Gasteiger partial charge in [-0.05, 0) is 40.9 Å². The van der Waals surface area contributed by atoms with Crippen LogP contribution >= 0.6 is 15.9 Å². The summed E-state index contributed by atoms with van der Waals surface area (Å²) in [5, 5.41) is 0. The van der Waals surface area contributed by atoms with Crippen molar-refractivity contribution in [3.05, 3.63) is 21.3 Å². The Bertz CT molecular complexity index is 478. The van der Waals surface area contributed by atoms with Crippen molar-refractivity contribution in [2.75, 3.05) is 6.61 Å². The quantitative estimate of drug-likeness (QED) is 0.611. The Hall–Kier alpha value is -0.875. The summed E-state index contributed by atoms with van der Waals surface area (Å²) in [6, 6.07) is 0. The van der Waals surface area contributed by atoms with Gasteiger partial charge in [-0.2, -0.15) is 0 Å². The minimum Gasteiger partial charge on any atom is -0.461 e. The highest BCUT2D eigenvalue weighted by Crippen LogP contribution is 2.35. The van der Waals surface area contributed by atoms with Gasteiger partial charge in [0.15, 0.2) is 5.69 Å². The van der Waals surface area contributed by atoms with E-state index in [0.29, 0.717) is 23.3 Å². The lowest BCUT2D eigenvalue weighted by Crippen LogP contribution is -2.21. The fourth-order valence-electron chi connectivity index (χ4n) is 1.84. The minimum absolute atomic E-state index is 0.0992. The molecule has 0 saturated carbocycles. The van der Waals surface area contributed by atoms with Crippen molar-refractivity contribution in [3.8, 4) is 0 Å². The van der Waals surface area contributed by atoms with Crippen molar-refractivity contribution < 1.29 is 14.3 Å². The minimum atomic E-state index is -0.479. The smallest absolute Gasteiger partial charge is 0.358 e. The highest BCUT2D eigenvalue weighted by Gasteiger charge is 2.28. The Morgan fingerprint density at radius 1 is 1.71 bits per heavy atom. The van der Waals surface area contributed by atoms with E-state index in [1.807, 2.05) is 6.92 Å². The number of hydrogen-bond acceptors (Lipinski definition) is 4. The van der Waals surface area contributed by atoms with Crippen LogP contribution in [0.5, 0.6) is 0 Å². The number of fused-ring (bicyclic) bond motifs is 1. The Morgan fingerprint density at radius 2 is 2.41 bits per heavy atom. The maximum Gasteiger partial charge on any atom is 0.358 e. The second-order valence-electron chi connectivity index (χ2n) is 3.73. The third-order valence-corrected chi connectivity index (χ3v) is 3.47. The maximum absolute atomic E-state index is 11.7. The number of carbonyl (C=O) groups excluding carboxylic acids is 1. The standard InChI is InChI=1S/C11H11BBrNO3/c1-3-16-11(15)9-8(13)7-5(2)17-4-6(7)10(12)14-9/h5H,3-4H2,1-2H3. The number of esters is 1. The summed E-state index contributed by atoms with van der Waals surface area (Å²) in [5.41, 5.74) is 2.27. The zero-order chi connectivity index (χ0) is 12.6. The van der Waals surface area contributed by atoms with Crippen LogP contribution in [0.1, 0.15) is 41.6 Å². The number of halogens is 1.